The molecule has 4 aromatic carbocycles. The number of fused-ring (bicyclic) bond motifs is 1. The summed E-state index contributed by atoms with van der Waals surface area (Å²) in [6, 6.07) is 29.5. The summed E-state index contributed by atoms with van der Waals surface area (Å²) in [7, 11) is -3.89. The predicted molar refractivity (Wildman–Crippen MR) is 216 cm³/mol. The van der Waals surface area contributed by atoms with Gasteiger partial charge in [-0.2, -0.15) is 17.5 Å². The van der Waals surface area contributed by atoms with E-state index < -0.39 is 21.6 Å². The van der Waals surface area contributed by atoms with Gasteiger partial charge in [-0.15, -0.1) is 0 Å². The first-order chi connectivity index (χ1) is 27.8. The summed E-state index contributed by atoms with van der Waals surface area (Å²) in [5, 5.41) is 7.97. The standard InChI is InChI=1S/C41H41Cl2F3N4O7S/c1-54-21-18-47-40(51)57-26-27-2-13-34(14-3-27)55-22-23-56-38-25-37(48-33-16-19-50(20-17-33)58(52,53)41(44,45)46)35-24-30(8-15-36(35)49-38)39(28-4-9-31(42)10-5-28)29-6-11-32(43)12-7-29/h2-15,24-25,33,39H,16-23,26H2,1H3,(H,47,51)(H,48,49). The number of aromatic nitrogens is 1. The molecule has 6 rings (SSSR count). The zero-order chi connectivity index (χ0) is 41.3. The Balaban J connectivity index is 1.20. The fraction of sp³-hybridized carbons (Fsp3) is 0.317. The van der Waals surface area contributed by atoms with Crippen molar-refractivity contribution in [1.82, 2.24) is 14.6 Å². The molecular formula is C41H41Cl2F3N4O7S. The Hall–Kier alpha value is -4.80. The van der Waals surface area contributed by atoms with Crippen molar-refractivity contribution in [3.05, 3.63) is 129 Å². The van der Waals surface area contributed by atoms with Crippen LogP contribution in [0.5, 0.6) is 11.6 Å². The van der Waals surface area contributed by atoms with Gasteiger partial charge in [-0.25, -0.2) is 18.2 Å². The normalized spacial score (nSPS) is 14.1. The molecule has 1 aliphatic rings. The van der Waals surface area contributed by atoms with Gasteiger partial charge in [0.1, 0.15) is 25.6 Å². The van der Waals surface area contributed by atoms with Crippen LogP contribution in [0.2, 0.25) is 10.0 Å². The average molecular weight is 862 g/mol. The number of carbonyl (C=O) groups is 1. The molecule has 0 bridgehead atoms. The van der Waals surface area contributed by atoms with Gasteiger partial charge in [0.15, 0.2) is 0 Å². The number of methoxy groups -OCH3 is 1. The molecule has 0 radical (unpaired) electrons. The first kappa shape index (κ1) is 42.8. The topological polar surface area (TPSA) is 128 Å². The number of nitrogens with one attached hydrogen (secondary N) is 2. The molecule has 0 saturated carbocycles. The van der Waals surface area contributed by atoms with Crippen LogP contribution < -0.4 is 20.1 Å². The van der Waals surface area contributed by atoms with Crippen LogP contribution in [-0.2, 0) is 26.1 Å². The minimum absolute atomic E-state index is 0.0857. The van der Waals surface area contributed by atoms with E-state index in [2.05, 4.69) is 10.6 Å². The maximum atomic E-state index is 13.3. The van der Waals surface area contributed by atoms with Crippen LogP contribution in [0.15, 0.2) is 97.1 Å². The molecular weight excluding hydrogens is 820 g/mol. The van der Waals surface area contributed by atoms with Crippen LogP contribution in [0.25, 0.3) is 10.9 Å². The second kappa shape index (κ2) is 19.3. The number of alkyl halides is 3. The molecule has 2 N–H and O–H groups in total. The Bertz CT molecular complexity index is 2210. The van der Waals surface area contributed by atoms with E-state index >= 15 is 0 Å². The van der Waals surface area contributed by atoms with E-state index in [0.29, 0.717) is 44.5 Å². The molecule has 11 nitrogen and oxygen atoms in total. The molecule has 58 heavy (non-hydrogen) atoms. The monoisotopic (exact) mass is 860 g/mol. The van der Waals surface area contributed by atoms with Crippen LogP contribution >= 0.6 is 23.2 Å². The van der Waals surface area contributed by atoms with Crippen molar-refractivity contribution in [2.45, 2.75) is 36.9 Å². The summed E-state index contributed by atoms with van der Waals surface area (Å²) >= 11 is 12.5. The lowest BCUT2D eigenvalue weighted by molar-refractivity contribution is -0.0494. The third-order valence-corrected chi connectivity index (χ3v) is 11.6. The van der Waals surface area contributed by atoms with Gasteiger partial charge in [0.25, 0.3) is 0 Å². The lowest BCUT2D eigenvalue weighted by Gasteiger charge is -2.32. The highest BCUT2D eigenvalue weighted by atomic mass is 35.5. The number of rotatable bonds is 16. The van der Waals surface area contributed by atoms with Gasteiger partial charge in [0.05, 0.1) is 12.1 Å². The third kappa shape index (κ3) is 11.0. The lowest BCUT2D eigenvalue weighted by atomic mass is 9.84. The van der Waals surface area contributed by atoms with Gasteiger partial charge in [0, 0.05) is 65.9 Å². The van der Waals surface area contributed by atoms with Crippen molar-refractivity contribution < 1.29 is 45.3 Å². The quantitative estimate of drug-likeness (QED) is 0.0740. The van der Waals surface area contributed by atoms with Crippen LogP contribution in [0, 0.1) is 0 Å². The van der Waals surface area contributed by atoms with Gasteiger partial charge in [0.2, 0.25) is 5.88 Å². The van der Waals surface area contributed by atoms with Gasteiger partial charge in [-0.1, -0.05) is 65.7 Å². The minimum Gasteiger partial charge on any atom is -0.490 e. The van der Waals surface area contributed by atoms with Crippen molar-refractivity contribution in [2.24, 2.45) is 0 Å². The van der Waals surface area contributed by atoms with E-state index in [4.69, 9.17) is 47.1 Å². The Labute approximate surface area is 344 Å². The van der Waals surface area contributed by atoms with Crippen LogP contribution in [-0.4, -0.2) is 81.9 Å². The molecule has 0 atom stereocenters. The second-order valence-electron chi connectivity index (χ2n) is 13.4. The molecule has 1 aliphatic heterocycles. The number of hydrogen-bond acceptors (Lipinski definition) is 9. The molecule has 0 spiro atoms. The first-order valence-corrected chi connectivity index (χ1v) is 20.5. The fourth-order valence-corrected chi connectivity index (χ4v) is 7.77. The maximum Gasteiger partial charge on any atom is 0.511 e. The van der Waals surface area contributed by atoms with Crippen LogP contribution in [0.3, 0.4) is 0 Å². The van der Waals surface area contributed by atoms with E-state index in [-0.39, 0.29) is 63.6 Å². The van der Waals surface area contributed by atoms with Crippen molar-refractivity contribution in [3.8, 4) is 11.6 Å². The number of piperidine rings is 1. The third-order valence-electron chi connectivity index (χ3n) is 9.47. The van der Waals surface area contributed by atoms with Crippen molar-refractivity contribution in [3.63, 3.8) is 0 Å². The Kier molecular flexibility index (Phi) is 14.2. The molecule has 1 saturated heterocycles. The van der Waals surface area contributed by atoms with Gasteiger partial charge in [-0.05, 0) is 83.6 Å². The molecule has 2 heterocycles. The second-order valence-corrected chi connectivity index (χ2v) is 16.2. The lowest BCUT2D eigenvalue weighted by Crippen LogP contribution is -2.47. The number of alkyl carbamates (subject to hydrolysis) is 1. The zero-order valence-electron chi connectivity index (χ0n) is 31.3. The Morgan fingerprint density at radius 1 is 0.845 bits per heavy atom. The van der Waals surface area contributed by atoms with Gasteiger partial charge >= 0.3 is 21.6 Å². The Morgan fingerprint density at radius 2 is 1.45 bits per heavy atom. The number of carbonyl (C=O) groups excluding carboxylic acids is 1. The smallest absolute Gasteiger partial charge is 0.490 e. The number of hydrogen-bond donors (Lipinski definition) is 2. The van der Waals surface area contributed by atoms with E-state index in [1.54, 1.807) is 30.3 Å². The molecule has 1 fully saturated rings. The van der Waals surface area contributed by atoms with E-state index in [0.717, 1.165) is 27.6 Å². The number of halogens is 5. The van der Waals surface area contributed by atoms with Gasteiger partial charge in [-0.3, -0.25) is 0 Å². The SMILES string of the molecule is COCCNC(=O)OCc1ccc(OCCOc2cc(NC3CCN(S(=O)(=O)C(F)(F)F)CC3)c3cc(C(c4ccc(Cl)cc4)c4ccc(Cl)cc4)ccc3n2)cc1. The van der Waals surface area contributed by atoms with Gasteiger partial charge < -0.3 is 29.6 Å². The van der Waals surface area contributed by atoms with Crippen LogP contribution in [0.4, 0.5) is 23.7 Å². The number of amides is 1. The highest BCUT2D eigenvalue weighted by Crippen LogP contribution is 2.38. The molecule has 5 aromatic rings. The number of sulfonamides is 1. The average Bonchev–Trinajstić information content (AvgIpc) is 3.21. The molecule has 17 heteroatoms. The first-order valence-electron chi connectivity index (χ1n) is 18.3. The minimum atomic E-state index is -5.43. The number of pyridine rings is 1. The molecule has 1 amide bonds. The van der Waals surface area contributed by atoms with Crippen LogP contribution in [0.1, 0.15) is 41.0 Å². The predicted octanol–water partition coefficient (Wildman–Crippen LogP) is 8.78. The summed E-state index contributed by atoms with van der Waals surface area (Å²) in [6.07, 6.45) is -0.251. The fourth-order valence-electron chi connectivity index (χ4n) is 6.53. The number of benzene rings is 4. The molecule has 308 valence electrons. The molecule has 0 aliphatic carbocycles. The largest absolute Gasteiger partial charge is 0.511 e. The molecule has 1 aromatic heterocycles. The summed E-state index contributed by atoms with van der Waals surface area (Å²) in [6.45, 7) is 0.536. The van der Waals surface area contributed by atoms with E-state index in [9.17, 15) is 26.4 Å². The number of nitrogens with zero attached hydrogens (tertiary/aromatic N) is 2. The highest BCUT2D eigenvalue weighted by Gasteiger charge is 2.50. The number of anilines is 1. The van der Waals surface area contributed by atoms with Crippen molar-refractivity contribution in [1.29, 1.82) is 0 Å². The Morgan fingerprint density at radius 3 is 2.05 bits per heavy atom. The summed E-state index contributed by atoms with van der Waals surface area (Å²) in [5.41, 5.74) is -0.485. The number of ether oxygens (including phenoxy) is 4. The summed E-state index contributed by atoms with van der Waals surface area (Å²) in [5.74, 6) is 0.641. The molecule has 0 unspecified atom stereocenters. The maximum absolute atomic E-state index is 13.3. The summed E-state index contributed by atoms with van der Waals surface area (Å²) < 4.78 is 86.5. The zero-order valence-corrected chi connectivity index (χ0v) is 33.6. The van der Waals surface area contributed by atoms with E-state index in [1.165, 1.54) is 7.11 Å². The van der Waals surface area contributed by atoms with E-state index in [1.807, 2.05) is 66.7 Å². The van der Waals surface area contributed by atoms with Crippen molar-refractivity contribution >= 4 is 55.9 Å². The highest BCUT2D eigenvalue weighted by molar-refractivity contribution is 7.90. The van der Waals surface area contributed by atoms with Crippen molar-refractivity contribution in [2.75, 3.05) is 51.9 Å². The summed E-state index contributed by atoms with van der Waals surface area (Å²) in [4.78, 5) is 16.6.